The molecule has 1 aromatic rings. The largest absolute Gasteiger partial charge is 0.351 e. The molecule has 1 saturated heterocycles. The van der Waals surface area contributed by atoms with Gasteiger partial charge >= 0.3 is 0 Å². The number of carbonyl (C=O) groups is 1. The summed E-state index contributed by atoms with van der Waals surface area (Å²) in [4.78, 5) is 17.0. The van der Waals surface area contributed by atoms with E-state index >= 15 is 0 Å². The second-order valence-corrected chi connectivity index (χ2v) is 6.90. The van der Waals surface area contributed by atoms with E-state index in [1.165, 1.54) is 5.56 Å². The van der Waals surface area contributed by atoms with Crippen LogP contribution in [0.3, 0.4) is 0 Å². The van der Waals surface area contributed by atoms with Gasteiger partial charge in [-0.15, -0.1) is 6.58 Å². The smallest absolute Gasteiger partial charge is 0.237 e. The van der Waals surface area contributed by atoms with Crippen LogP contribution in [-0.4, -0.2) is 53.5 Å². The zero-order valence-corrected chi connectivity index (χ0v) is 14.6. The van der Waals surface area contributed by atoms with Crippen LogP contribution in [0, 0.1) is 0 Å². The summed E-state index contributed by atoms with van der Waals surface area (Å²) < 4.78 is 0. The van der Waals surface area contributed by atoms with Gasteiger partial charge in [0.25, 0.3) is 0 Å². The summed E-state index contributed by atoms with van der Waals surface area (Å²) in [5.74, 6) is 0.0807. The number of piperazine rings is 1. The molecule has 0 radical (unpaired) electrons. The Hall–Kier alpha value is -1.65. The SMILES string of the molecule is C=CCNC(=O)C(C)N1CCN(Cc2ccccc2)C(C)(C)C1. The fraction of sp³-hybridized carbons (Fsp3) is 0.526. The number of hydrogen-bond acceptors (Lipinski definition) is 3. The quantitative estimate of drug-likeness (QED) is 0.818. The Morgan fingerprint density at radius 3 is 2.65 bits per heavy atom. The average Bonchev–Trinajstić information content (AvgIpc) is 2.54. The van der Waals surface area contributed by atoms with Gasteiger partial charge in [-0.05, 0) is 26.3 Å². The van der Waals surface area contributed by atoms with E-state index in [1.54, 1.807) is 6.08 Å². The van der Waals surface area contributed by atoms with Gasteiger partial charge in [0.15, 0.2) is 0 Å². The normalized spacial score (nSPS) is 20.0. The van der Waals surface area contributed by atoms with Crippen molar-refractivity contribution in [3.63, 3.8) is 0 Å². The van der Waals surface area contributed by atoms with Gasteiger partial charge in [-0.25, -0.2) is 0 Å². The lowest BCUT2D eigenvalue weighted by molar-refractivity contribution is -0.127. The second-order valence-electron chi connectivity index (χ2n) is 6.90. The molecule has 1 heterocycles. The van der Waals surface area contributed by atoms with E-state index in [0.29, 0.717) is 6.54 Å². The second kappa shape index (κ2) is 7.75. The first-order valence-electron chi connectivity index (χ1n) is 8.35. The Morgan fingerprint density at radius 1 is 1.35 bits per heavy atom. The summed E-state index contributed by atoms with van der Waals surface area (Å²) in [5, 5.41) is 2.90. The van der Waals surface area contributed by atoms with Crippen molar-refractivity contribution in [2.24, 2.45) is 0 Å². The Bertz CT molecular complexity index is 527. The Morgan fingerprint density at radius 2 is 2.04 bits per heavy atom. The molecule has 1 unspecified atom stereocenters. The van der Waals surface area contributed by atoms with Gasteiger partial charge < -0.3 is 5.32 Å². The Kier molecular flexibility index (Phi) is 5.97. The number of nitrogens with one attached hydrogen (secondary N) is 1. The molecule has 0 saturated carbocycles. The molecule has 0 aromatic heterocycles. The molecule has 1 aliphatic heterocycles. The number of rotatable bonds is 6. The molecule has 1 N–H and O–H groups in total. The summed E-state index contributed by atoms with van der Waals surface area (Å²) >= 11 is 0. The van der Waals surface area contributed by atoms with Crippen LogP contribution in [0.2, 0.25) is 0 Å². The van der Waals surface area contributed by atoms with Gasteiger partial charge in [-0.2, -0.15) is 0 Å². The van der Waals surface area contributed by atoms with Gasteiger partial charge in [-0.3, -0.25) is 14.6 Å². The molecule has 0 bridgehead atoms. The predicted octanol–water partition coefficient (Wildman–Crippen LogP) is 2.27. The van der Waals surface area contributed by atoms with E-state index in [4.69, 9.17) is 0 Å². The van der Waals surface area contributed by atoms with Crippen LogP contribution in [0.5, 0.6) is 0 Å². The monoisotopic (exact) mass is 315 g/mol. The third kappa shape index (κ3) is 4.66. The number of nitrogens with zero attached hydrogens (tertiary/aromatic N) is 2. The summed E-state index contributed by atoms with van der Waals surface area (Å²) in [6, 6.07) is 10.5. The molecule has 126 valence electrons. The Labute approximate surface area is 140 Å². The van der Waals surface area contributed by atoms with Crippen LogP contribution in [0.1, 0.15) is 26.3 Å². The van der Waals surface area contributed by atoms with Crippen LogP contribution in [-0.2, 0) is 11.3 Å². The van der Waals surface area contributed by atoms with E-state index in [2.05, 4.69) is 65.9 Å². The topological polar surface area (TPSA) is 35.6 Å². The number of hydrogen-bond donors (Lipinski definition) is 1. The molecule has 1 atom stereocenters. The van der Waals surface area contributed by atoms with E-state index in [1.807, 2.05) is 6.92 Å². The summed E-state index contributed by atoms with van der Waals surface area (Å²) in [6.07, 6.45) is 1.71. The molecule has 1 fully saturated rings. The highest BCUT2D eigenvalue weighted by molar-refractivity contribution is 5.81. The number of carbonyl (C=O) groups excluding carboxylic acids is 1. The highest BCUT2D eigenvalue weighted by Gasteiger charge is 2.36. The lowest BCUT2D eigenvalue weighted by atomic mass is 9.96. The predicted molar refractivity (Wildman–Crippen MR) is 95.2 cm³/mol. The molecule has 2 rings (SSSR count). The molecular formula is C19H29N3O. The fourth-order valence-electron chi connectivity index (χ4n) is 3.14. The summed E-state index contributed by atoms with van der Waals surface area (Å²) in [6.45, 7) is 14.4. The van der Waals surface area contributed by atoms with Crippen molar-refractivity contribution >= 4 is 5.91 Å². The van der Waals surface area contributed by atoms with E-state index in [-0.39, 0.29) is 17.5 Å². The zero-order valence-electron chi connectivity index (χ0n) is 14.6. The first-order chi connectivity index (χ1) is 10.9. The highest BCUT2D eigenvalue weighted by Crippen LogP contribution is 2.24. The van der Waals surface area contributed by atoms with Gasteiger partial charge in [0.1, 0.15) is 0 Å². The van der Waals surface area contributed by atoms with Crippen LogP contribution < -0.4 is 5.32 Å². The molecule has 1 aliphatic rings. The van der Waals surface area contributed by atoms with E-state index < -0.39 is 0 Å². The maximum Gasteiger partial charge on any atom is 0.237 e. The van der Waals surface area contributed by atoms with Crippen LogP contribution in [0.15, 0.2) is 43.0 Å². The van der Waals surface area contributed by atoms with Crippen LogP contribution in [0.4, 0.5) is 0 Å². The minimum Gasteiger partial charge on any atom is -0.351 e. The number of benzene rings is 1. The molecular weight excluding hydrogens is 286 g/mol. The number of amides is 1. The molecule has 1 amide bonds. The summed E-state index contributed by atoms with van der Waals surface area (Å²) in [7, 11) is 0. The standard InChI is InChI=1S/C19H29N3O/c1-5-11-20-18(23)16(2)21-12-13-22(19(3,4)15-21)14-17-9-7-6-8-10-17/h5-10,16H,1,11-15H2,2-4H3,(H,20,23). The van der Waals surface area contributed by atoms with Gasteiger partial charge in [0.05, 0.1) is 6.04 Å². The van der Waals surface area contributed by atoms with Crippen molar-refractivity contribution in [3.05, 3.63) is 48.6 Å². The van der Waals surface area contributed by atoms with Crippen molar-refractivity contribution < 1.29 is 4.79 Å². The molecule has 4 nitrogen and oxygen atoms in total. The van der Waals surface area contributed by atoms with Gasteiger partial charge in [0, 0.05) is 38.3 Å². The Balaban J connectivity index is 1.96. The highest BCUT2D eigenvalue weighted by atomic mass is 16.2. The maximum absolute atomic E-state index is 12.2. The van der Waals surface area contributed by atoms with E-state index in [9.17, 15) is 4.79 Å². The molecule has 0 aliphatic carbocycles. The van der Waals surface area contributed by atoms with Gasteiger partial charge in [-0.1, -0.05) is 36.4 Å². The van der Waals surface area contributed by atoms with Crippen molar-refractivity contribution in [3.8, 4) is 0 Å². The third-order valence-corrected chi connectivity index (χ3v) is 4.67. The fourth-order valence-corrected chi connectivity index (χ4v) is 3.14. The molecule has 4 heteroatoms. The van der Waals surface area contributed by atoms with Crippen molar-refractivity contribution in [2.75, 3.05) is 26.2 Å². The van der Waals surface area contributed by atoms with Crippen molar-refractivity contribution in [1.29, 1.82) is 0 Å². The van der Waals surface area contributed by atoms with Crippen LogP contribution >= 0.6 is 0 Å². The first-order valence-corrected chi connectivity index (χ1v) is 8.35. The summed E-state index contributed by atoms with van der Waals surface area (Å²) in [5.41, 5.74) is 1.38. The lowest BCUT2D eigenvalue weighted by Crippen LogP contribution is -2.62. The zero-order chi connectivity index (χ0) is 16.9. The maximum atomic E-state index is 12.2. The molecule has 1 aromatic carbocycles. The lowest BCUT2D eigenvalue weighted by Gasteiger charge is -2.48. The van der Waals surface area contributed by atoms with Crippen LogP contribution in [0.25, 0.3) is 0 Å². The van der Waals surface area contributed by atoms with Crippen molar-refractivity contribution in [2.45, 2.75) is 38.9 Å². The average molecular weight is 315 g/mol. The molecule has 0 spiro atoms. The minimum atomic E-state index is -0.104. The molecule has 23 heavy (non-hydrogen) atoms. The first kappa shape index (κ1) is 17.7. The minimum absolute atomic E-state index is 0.0427. The van der Waals surface area contributed by atoms with Gasteiger partial charge in [0.2, 0.25) is 5.91 Å². The third-order valence-electron chi connectivity index (χ3n) is 4.67. The van der Waals surface area contributed by atoms with Crippen molar-refractivity contribution in [1.82, 2.24) is 15.1 Å². The van der Waals surface area contributed by atoms with E-state index in [0.717, 1.165) is 26.2 Å².